The molecule has 0 saturated carbocycles. The number of nitrogens with two attached hydrogens (primary N) is 1. The smallest absolute Gasteiger partial charge is 0.319 e. The van der Waals surface area contributed by atoms with E-state index in [1.165, 1.54) is 6.07 Å². The highest BCUT2D eigenvalue weighted by atomic mass is 32.1. The van der Waals surface area contributed by atoms with Crippen LogP contribution in [-0.4, -0.2) is 58.6 Å². The number of likely N-dealkylation sites (tertiary alicyclic amines) is 1. The molecule has 1 aliphatic rings. The fourth-order valence-electron chi connectivity index (χ4n) is 3.99. The summed E-state index contributed by atoms with van der Waals surface area (Å²) in [6.07, 6.45) is 3.22. The van der Waals surface area contributed by atoms with Gasteiger partial charge in [-0.1, -0.05) is 18.2 Å². The zero-order valence-electron chi connectivity index (χ0n) is 19.4. The molecule has 0 spiro atoms. The first-order valence-corrected chi connectivity index (χ1v) is 12.3. The molecular weight excluding hydrogens is 480 g/mol. The Morgan fingerprint density at radius 2 is 2.06 bits per heavy atom. The summed E-state index contributed by atoms with van der Waals surface area (Å²) >= 11 is 0.836. The van der Waals surface area contributed by atoms with Crippen LogP contribution < -0.4 is 21.1 Å². The van der Waals surface area contributed by atoms with Gasteiger partial charge in [-0.05, 0) is 67.0 Å². The van der Waals surface area contributed by atoms with Gasteiger partial charge < -0.3 is 25.8 Å². The van der Waals surface area contributed by atoms with Crippen molar-refractivity contribution < 1.29 is 28.2 Å². The highest BCUT2D eigenvalue weighted by Gasteiger charge is 2.22. The van der Waals surface area contributed by atoms with E-state index in [0.717, 1.165) is 50.3 Å². The van der Waals surface area contributed by atoms with E-state index in [9.17, 15) is 23.5 Å². The lowest BCUT2D eigenvalue weighted by atomic mass is 10.0. The van der Waals surface area contributed by atoms with Gasteiger partial charge in [0.2, 0.25) is 5.88 Å². The van der Waals surface area contributed by atoms with Crippen LogP contribution in [0.25, 0.3) is 0 Å². The minimum absolute atomic E-state index is 0.0859. The third-order valence-corrected chi connectivity index (χ3v) is 6.56. The van der Waals surface area contributed by atoms with Crippen LogP contribution in [0.4, 0.5) is 18.6 Å². The molecule has 0 aliphatic carbocycles. The number of aliphatic hydroxyl groups is 1. The van der Waals surface area contributed by atoms with Crippen molar-refractivity contribution in [2.45, 2.75) is 51.7 Å². The number of carbonyl (C=O) groups is 2. The standard InChI is InChI=1S/C23H31F2N5O4S/c24-11-15-5-3-6-16(18(15)12-25)14-34-21-19(20(26)32)22(35-29-21)28-23(33)27-8-1-2-9-30-10-4-7-17(31)13-30/h3,5-6,17,31H,1-2,4,7-14H2,(H2,26,32)(H2,27,28,33). The summed E-state index contributed by atoms with van der Waals surface area (Å²) in [6.45, 7) is 1.17. The second-order valence-electron chi connectivity index (χ2n) is 8.35. The van der Waals surface area contributed by atoms with E-state index in [0.29, 0.717) is 18.7 Å². The van der Waals surface area contributed by atoms with Crippen LogP contribution in [-0.2, 0) is 20.0 Å². The molecule has 1 atom stereocenters. The molecular formula is C23H31F2N5O4S. The largest absolute Gasteiger partial charge is 0.472 e. The molecule has 12 heteroatoms. The number of aliphatic hydroxyl groups excluding tert-OH is 1. The fraction of sp³-hybridized carbons (Fsp3) is 0.522. The number of rotatable bonds is 12. The zero-order chi connectivity index (χ0) is 25.2. The molecule has 192 valence electrons. The van der Waals surface area contributed by atoms with Crippen LogP contribution in [0.15, 0.2) is 18.2 Å². The molecule has 1 aromatic heterocycles. The molecule has 1 unspecified atom stereocenters. The zero-order valence-corrected chi connectivity index (χ0v) is 20.2. The number of nitrogens with zero attached hydrogens (tertiary/aromatic N) is 2. The first-order valence-electron chi connectivity index (χ1n) is 11.5. The third kappa shape index (κ3) is 7.58. The van der Waals surface area contributed by atoms with Gasteiger partial charge in [-0.2, -0.15) is 4.37 Å². The second kappa shape index (κ2) is 13.3. The van der Waals surface area contributed by atoms with Gasteiger partial charge in [-0.3, -0.25) is 10.1 Å². The average Bonchev–Trinajstić information content (AvgIpc) is 3.24. The number of urea groups is 1. The summed E-state index contributed by atoms with van der Waals surface area (Å²) in [4.78, 5) is 26.5. The van der Waals surface area contributed by atoms with Crippen molar-refractivity contribution in [2.24, 2.45) is 5.73 Å². The molecule has 3 rings (SSSR count). The van der Waals surface area contributed by atoms with Crippen molar-refractivity contribution >= 4 is 28.5 Å². The molecule has 2 heterocycles. The van der Waals surface area contributed by atoms with E-state index in [4.69, 9.17) is 10.5 Å². The number of anilines is 1. The number of primary amides is 1. The molecule has 1 saturated heterocycles. The van der Waals surface area contributed by atoms with Gasteiger partial charge in [-0.15, -0.1) is 0 Å². The van der Waals surface area contributed by atoms with E-state index in [-0.39, 0.29) is 40.3 Å². The van der Waals surface area contributed by atoms with Gasteiger partial charge in [0, 0.05) is 13.1 Å². The number of alkyl halides is 2. The van der Waals surface area contributed by atoms with E-state index >= 15 is 0 Å². The summed E-state index contributed by atoms with van der Waals surface area (Å²) in [7, 11) is 0. The summed E-state index contributed by atoms with van der Waals surface area (Å²) in [5.74, 6) is -0.923. The molecule has 2 aromatic rings. The monoisotopic (exact) mass is 511 g/mol. The number of unbranched alkanes of at least 4 members (excludes halogenated alkanes) is 1. The number of hydrogen-bond acceptors (Lipinski definition) is 7. The number of carbonyl (C=O) groups excluding carboxylic acids is 2. The van der Waals surface area contributed by atoms with Crippen molar-refractivity contribution in [2.75, 3.05) is 31.5 Å². The lowest BCUT2D eigenvalue weighted by molar-refractivity contribution is 0.0699. The van der Waals surface area contributed by atoms with Crippen molar-refractivity contribution in [1.29, 1.82) is 0 Å². The predicted molar refractivity (Wildman–Crippen MR) is 129 cm³/mol. The average molecular weight is 512 g/mol. The Morgan fingerprint density at radius 3 is 2.77 bits per heavy atom. The Morgan fingerprint density at radius 1 is 1.26 bits per heavy atom. The third-order valence-electron chi connectivity index (χ3n) is 5.81. The summed E-state index contributed by atoms with van der Waals surface area (Å²) in [5, 5.41) is 15.1. The van der Waals surface area contributed by atoms with E-state index in [1.807, 2.05) is 0 Å². The quantitative estimate of drug-likeness (QED) is 0.324. The van der Waals surface area contributed by atoms with Crippen molar-refractivity contribution in [3.05, 3.63) is 40.5 Å². The molecule has 0 radical (unpaired) electrons. The highest BCUT2D eigenvalue weighted by Crippen LogP contribution is 2.31. The number of halogens is 2. The molecule has 9 nitrogen and oxygen atoms in total. The maximum absolute atomic E-state index is 13.4. The summed E-state index contributed by atoms with van der Waals surface area (Å²) < 4.78 is 36.1. The number of benzene rings is 1. The molecule has 0 bridgehead atoms. The van der Waals surface area contributed by atoms with Crippen LogP contribution in [0.5, 0.6) is 5.88 Å². The number of hydrogen-bond donors (Lipinski definition) is 4. The number of nitrogens with one attached hydrogen (secondary N) is 2. The normalized spacial score (nSPS) is 16.1. The molecule has 1 fully saturated rings. The van der Waals surface area contributed by atoms with Crippen LogP contribution >= 0.6 is 11.5 Å². The Labute approximate surface area is 206 Å². The second-order valence-corrected chi connectivity index (χ2v) is 9.12. The molecule has 1 aliphatic heterocycles. The van der Waals surface area contributed by atoms with E-state index < -0.39 is 25.3 Å². The van der Waals surface area contributed by atoms with Crippen LogP contribution in [0, 0.1) is 0 Å². The van der Waals surface area contributed by atoms with Gasteiger partial charge in [0.15, 0.2) is 0 Å². The van der Waals surface area contributed by atoms with E-state index in [1.54, 1.807) is 12.1 Å². The minimum Gasteiger partial charge on any atom is -0.472 e. The Kier molecular flexibility index (Phi) is 10.2. The van der Waals surface area contributed by atoms with Gasteiger partial charge in [-0.25, -0.2) is 13.6 Å². The molecule has 35 heavy (non-hydrogen) atoms. The highest BCUT2D eigenvalue weighted by molar-refractivity contribution is 7.11. The Hall–Kier alpha value is -2.83. The van der Waals surface area contributed by atoms with Crippen LogP contribution in [0.2, 0.25) is 0 Å². The van der Waals surface area contributed by atoms with Crippen molar-refractivity contribution in [3.63, 3.8) is 0 Å². The Balaban J connectivity index is 1.50. The first-order chi connectivity index (χ1) is 16.9. The van der Waals surface area contributed by atoms with Crippen LogP contribution in [0.3, 0.4) is 0 Å². The maximum Gasteiger partial charge on any atom is 0.319 e. The van der Waals surface area contributed by atoms with Crippen molar-refractivity contribution in [1.82, 2.24) is 14.6 Å². The number of β-amino-alcohol motifs (C(OH)–C–C–N with tert-alkyl or cyclic N) is 1. The summed E-state index contributed by atoms with van der Waals surface area (Å²) in [5.41, 5.74) is 6.24. The fourth-order valence-corrected chi connectivity index (χ4v) is 4.72. The molecule has 1 aromatic carbocycles. The van der Waals surface area contributed by atoms with Gasteiger partial charge in [0.25, 0.3) is 5.91 Å². The lowest BCUT2D eigenvalue weighted by Gasteiger charge is -2.29. The topological polar surface area (TPSA) is 130 Å². The molecule has 3 amide bonds. The summed E-state index contributed by atoms with van der Waals surface area (Å²) in [6, 6.07) is 4.18. The number of amides is 3. The van der Waals surface area contributed by atoms with Gasteiger partial charge in [0.05, 0.1) is 6.10 Å². The Bertz CT molecular complexity index is 1010. The van der Waals surface area contributed by atoms with E-state index in [2.05, 4.69) is 19.9 Å². The van der Waals surface area contributed by atoms with Gasteiger partial charge >= 0.3 is 6.03 Å². The first kappa shape index (κ1) is 26.8. The van der Waals surface area contributed by atoms with Crippen molar-refractivity contribution in [3.8, 4) is 5.88 Å². The minimum atomic E-state index is -0.856. The number of ether oxygens (including phenoxy) is 1. The number of piperidine rings is 1. The molecule has 5 N–H and O–H groups in total. The van der Waals surface area contributed by atoms with Crippen LogP contribution in [0.1, 0.15) is 52.7 Å². The number of aromatic nitrogens is 1. The predicted octanol–water partition coefficient (Wildman–Crippen LogP) is 3.12. The van der Waals surface area contributed by atoms with Gasteiger partial charge in [0.1, 0.15) is 30.5 Å². The lowest BCUT2D eigenvalue weighted by Crippen LogP contribution is -2.39. The maximum atomic E-state index is 13.4. The SMILES string of the molecule is NC(=O)c1c(OCc2cccc(CF)c2CF)nsc1NC(=O)NCCCCN1CCCC(O)C1.